The fourth-order valence-corrected chi connectivity index (χ4v) is 3.44. The van der Waals surface area contributed by atoms with E-state index < -0.39 is 0 Å². The SMILES string of the molecule is COc1ccc(Nc2ccccc2C(=O)NCC(=O)Nc2c(C)cc(C)cc2C)cc1. The van der Waals surface area contributed by atoms with E-state index in [0.29, 0.717) is 11.3 Å². The molecule has 2 amide bonds. The number of nitrogens with one attached hydrogen (secondary N) is 3. The van der Waals surface area contributed by atoms with E-state index in [2.05, 4.69) is 16.0 Å². The van der Waals surface area contributed by atoms with Crippen molar-refractivity contribution < 1.29 is 14.3 Å². The molecular formula is C25H27N3O3. The molecule has 3 N–H and O–H groups in total. The van der Waals surface area contributed by atoms with Crippen LogP contribution in [-0.2, 0) is 4.79 Å². The Balaban J connectivity index is 1.65. The van der Waals surface area contributed by atoms with Gasteiger partial charge < -0.3 is 20.7 Å². The van der Waals surface area contributed by atoms with Gasteiger partial charge >= 0.3 is 0 Å². The minimum absolute atomic E-state index is 0.123. The summed E-state index contributed by atoms with van der Waals surface area (Å²) in [6, 6.07) is 18.6. The molecule has 6 nitrogen and oxygen atoms in total. The molecule has 0 saturated carbocycles. The molecule has 3 rings (SSSR count). The predicted molar refractivity (Wildman–Crippen MR) is 124 cm³/mol. The summed E-state index contributed by atoms with van der Waals surface area (Å²) in [7, 11) is 1.61. The van der Waals surface area contributed by atoms with E-state index >= 15 is 0 Å². The van der Waals surface area contributed by atoms with Crippen LogP contribution < -0.4 is 20.7 Å². The van der Waals surface area contributed by atoms with E-state index in [1.165, 1.54) is 0 Å². The van der Waals surface area contributed by atoms with Crippen LogP contribution in [0, 0.1) is 20.8 Å². The van der Waals surface area contributed by atoms with Crippen LogP contribution in [0.1, 0.15) is 27.0 Å². The molecular weight excluding hydrogens is 390 g/mol. The number of anilines is 3. The summed E-state index contributed by atoms with van der Waals surface area (Å²) in [6.07, 6.45) is 0. The number of benzene rings is 3. The molecule has 0 saturated heterocycles. The van der Waals surface area contributed by atoms with Crippen LogP contribution in [0.3, 0.4) is 0 Å². The fraction of sp³-hybridized carbons (Fsp3) is 0.200. The summed E-state index contributed by atoms with van der Waals surface area (Å²) < 4.78 is 5.17. The van der Waals surface area contributed by atoms with Gasteiger partial charge in [-0.05, 0) is 68.3 Å². The quantitative estimate of drug-likeness (QED) is 0.519. The summed E-state index contributed by atoms with van der Waals surface area (Å²) >= 11 is 0. The summed E-state index contributed by atoms with van der Waals surface area (Å²) in [6.45, 7) is 5.80. The van der Waals surface area contributed by atoms with Gasteiger partial charge in [0, 0.05) is 11.4 Å². The fourth-order valence-electron chi connectivity index (χ4n) is 3.44. The van der Waals surface area contributed by atoms with Gasteiger partial charge in [-0.2, -0.15) is 0 Å². The second kappa shape index (κ2) is 9.80. The second-order valence-electron chi connectivity index (χ2n) is 7.40. The average molecular weight is 418 g/mol. The van der Waals surface area contributed by atoms with Crippen LogP contribution in [0.2, 0.25) is 0 Å². The van der Waals surface area contributed by atoms with Crippen LogP contribution in [0.5, 0.6) is 5.75 Å². The maximum atomic E-state index is 12.7. The third-order valence-corrected chi connectivity index (χ3v) is 4.89. The third-order valence-electron chi connectivity index (χ3n) is 4.89. The molecule has 0 aliphatic carbocycles. The molecule has 0 radical (unpaired) electrons. The summed E-state index contributed by atoms with van der Waals surface area (Å²) in [4.78, 5) is 25.2. The van der Waals surface area contributed by atoms with Crippen molar-refractivity contribution in [3.63, 3.8) is 0 Å². The van der Waals surface area contributed by atoms with E-state index in [-0.39, 0.29) is 18.4 Å². The minimum atomic E-state index is -0.330. The highest BCUT2D eigenvalue weighted by molar-refractivity contribution is 6.03. The standard InChI is InChI=1S/C25H27N3O3/c1-16-13-17(2)24(18(3)14-16)28-23(29)15-26-25(30)21-7-5-6-8-22(21)27-19-9-11-20(31-4)12-10-19/h5-14,27H,15H2,1-4H3,(H,26,30)(H,28,29). The first-order valence-corrected chi connectivity index (χ1v) is 10.0. The molecule has 0 atom stereocenters. The van der Waals surface area contributed by atoms with Crippen molar-refractivity contribution in [2.24, 2.45) is 0 Å². The zero-order valence-corrected chi connectivity index (χ0v) is 18.2. The zero-order valence-electron chi connectivity index (χ0n) is 18.2. The Kier molecular flexibility index (Phi) is 6.92. The van der Waals surface area contributed by atoms with Crippen molar-refractivity contribution >= 4 is 28.9 Å². The Morgan fingerprint density at radius 1 is 0.903 bits per heavy atom. The number of para-hydroxylation sites is 1. The lowest BCUT2D eigenvalue weighted by molar-refractivity contribution is -0.115. The van der Waals surface area contributed by atoms with E-state index in [1.54, 1.807) is 19.2 Å². The van der Waals surface area contributed by atoms with Crippen molar-refractivity contribution in [2.45, 2.75) is 20.8 Å². The second-order valence-corrected chi connectivity index (χ2v) is 7.40. The van der Waals surface area contributed by atoms with Crippen LogP contribution in [0.4, 0.5) is 17.1 Å². The molecule has 0 spiro atoms. The number of methoxy groups -OCH3 is 1. The van der Waals surface area contributed by atoms with Crippen molar-refractivity contribution in [3.05, 3.63) is 82.9 Å². The molecule has 6 heteroatoms. The number of carbonyl (C=O) groups excluding carboxylic acids is 2. The molecule has 0 aliphatic heterocycles. The molecule has 31 heavy (non-hydrogen) atoms. The number of aryl methyl sites for hydroxylation is 3. The monoisotopic (exact) mass is 417 g/mol. The van der Waals surface area contributed by atoms with Crippen LogP contribution in [0.15, 0.2) is 60.7 Å². The first-order valence-electron chi connectivity index (χ1n) is 10.0. The molecule has 0 bridgehead atoms. The molecule has 0 aliphatic rings. The Morgan fingerprint density at radius 3 is 2.19 bits per heavy atom. The highest BCUT2D eigenvalue weighted by Gasteiger charge is 2.14. The molecule has 0 fully saturated rings. The Morgan fingerprint density at radius 2 is 1.55 bits per heavy atom. The van der Waals surface area contributed by atoms with E-state index in [0.717, 1.165) is 33.8 Å². The lowest BCUT2D eigenvalue weighted by atomic mass is 10.1. The molecule has 3 aromatic carbocycles. The van der Waals surface area contributed by atoms with Gasteiger partial charge in [0.15, 0.2) is 0 Å². The Hall–Kier alpha value is -3.80. The van der Waals surface area contributed by atoms with Crippen molar-refractivity contribution in [1.29, 1.82) is 0 Å². The van der Waals surface area contributed by atoms with Crippen molar-refractivity contribution in [1.82, 2.24) is 5.32 Å². The van der Waals surface area contributed by atoms with Crippen molar-refractivity contribution in [2.75, 3.05) is 24.3 Å². The molecule has 0 aromatic heterocycles. The van der Waals surface area contributed by atoms with Gasteiger partial charge in [-0.1, -0.05) is 29.8 Å². The number of ether oxygens (including phenoxy) is 1. The Bertz CT molecular complexity index is 1070. The topological polar surface area (TPSA) is 79.5 Å². The normalized spacial score (nSPS) is 10.3. The summed E-state index contributed by atoms with van der Waals surface area (Å²) in [5.74, 6) is 0.148. The summed E-state index contributed by atoms with van der Waals surface area (Å²) in [5.41, 5.74) is 5.83. The third kappa shape index (κ3) is 5.63. The average Bonchev–Trinajstić information content (AvgIpc) is 2.75. The maximum absolute atomic E-state index is 12.7. The van der Waals surface area contributed by atoms with E-state index in [1.807, 2.05) is 69.3 Å². The number of amides is 2. The van der Waals surface area contributed by atoms with Gasteiger partial charge in [-0.3, -0.25) is 9.59 Å². The Labute approximate surface area is 182 Å². The zero-order chi connectivity index (χ0) is 22.4. The highest BCUT2D eigenvalue weighted by Crippen LogP contribution is 2.23. The van der Waals surface area contributed by atoms with E-state index in [9.17, 15) is 9.59 Å². The molecule has 3 aromatic rings. The molecule has 0 unspecified atom stereocenters. The minimum Gasteiger partial charge on any atom is -0.497 e. The van der Waals surface area contributed by atoms with Crippen molar-refractivity contribution in [3.8, 4) is 5.75 Å². The van der Waals surface area contributed by atoms with Crippen LogP contribution in [0.25, 0.3) is 0 Å². The predicted octanol–water partition coefficient (Wildman–Crippen LogP) is 4.73. The number of rotatable bonds is 7. The number of hydrogen-bond acceptors (Lipinski definition) is 4. The van der Waals surface area contributed by atoms with E-state index in [4.69, 9.17) is 4.74 Å². The number of carbonyl (C=O) groups is 2. The van der Waals surface area contributed by atoms with Crippen LogP contribution >= 0.6 is 0 Å². The van der Waals surface area contributed by atoms with Gasteiger partial charge in [0.25, 0.3) is 5.91 Å². The lowest BCUT2D eigenvalue weighted by Crippen LogP contribution is -2.33. The first kappa shape index (κ1) is 21.9. The van der Waals surface area contributed by atoms with Gasteiger partial charge in [0.1, 0.15) is 5.75 Å². The molecule has 160 valence electrons. The van der Waals surface area contributed by atoms with Gasteiger partial charge in [0.2, 0.25) is 5.91 Å². The lowest BCUT2D eigenvalue weighted by Gasteiger charge is -2.14. The largest absolute Gasteiger partial charge is 0.497 e. The van der Waals surface area contributed by atoms with Gasteiger partial charge in [0.05, 0.1) is 24.9 Å². The first-order chi connectivity index (χ1) is 14.9. The van der Waals surface area contributed by atoms with Gasteiger partial charge in [-0.15, -0.1) is 0 Å². The maximum Gasteiger partial charge on any atom is 0.253 e. The van der Waals surface area contributed by atoms with Crippen LogP contribution in [-0.4, -0.2) is 25.5 Å². The summed E-state index contributed by atoms with van der Waals surface area (Å²) in [5, 5.41) is 8.83. The number of hydrogen-bond donors (Lipinski definition) is 3. The highest BCUT2D eigenvalue weighted by atomic mass is 16.5. The van der Waals surface area contributed by atoms with Gasteiger partial charge in [-0.25, -0.2) is 0 Å². The molecule has 0 heterocycles. The smallest absolute Gasteiger partial charge is 0.253 e.